The lowest BCUT2D eigenvalue weighted by Crippen LogP contribution is -2.43. The van der Waals surface area contributed by atoms with Gasteiger partial charge in [0.05, 0.1) is 0 Å². The Hall–Kier alpha value is -2.64. The number of amides is 3. The number of urea groups is 1. The lowest BCUT2D eigenvalue weighted by atomic mass is 10.1. The first-order valence-electron chi connectivity index (χ1n) is 5.72. The molecule has 108 valence electrons. The van der Waals surface area contributed by atoms with E-state index in [4.69, 9.17) is 10.8 Å². The Kier molecular flexibility index (Phi) is 5.45. The first-order valence-corrected chi connectivity index (χ1v) is 5.72. The van der Waals surface area contributed by atoms with E-state index in [-0.39, 0.29) is 12.8 Å². The van der Waals surface area contributed by atoms with Crippen LogP contribution in [0.2, 0.25) is 0 Å². The summed E-state index contributed by atoms with van der Waals surface area (Å²) in [5.41, 5.74) is 5.22. The van der Waals surface area contributed by atoms with Crippen molar-refractivity contribution in [3.05, 3.63) is 30.1 Å². The molecule has 7 nitrogen and oxygen atoms in total. The largest absolute Gasteiger partial charge is 0.480 e. The van der Waals surface area contributed by atoms with Gasteiger partial charge in [-0.25, -0.2) is 14.0 Å². The van der Waals surface area contributed by atoms with Crippen LogP contribution in [0.15, 0.2) is 24.3 Å². The van der Waals surface area contributed by atoms with Gasteiger partial charge < -0.3 is 21.5 Å². The lowest BCUT2D eigenvalue weighted by Gasteiger charge is -2.14. The number of carbonyl (C=O) groups excluding carboxylic acids is 2. The van der Waals surface area contributed by atoms with Crippen molar-refractivity contribution in [2.24, 2.45) is 5.73 Å². The van der Waals surface area contributed by atoms with E-state index in [9.17, 15) is 18.8 Å². The molecule has 0 spiro atoms. The molecule has 0 aliphatic carbocycles. The van der Waals surface area contributed by atoms with Crippen molar-refractivity contribution in [2.75, 3.05) is 5.32 Å². The maximum absolute atomic E-state index is 12.7. The van der Waals surface area contributed by atoms with Gasteiger partial charge in [0.2, 0.25) is 5.91 Å². The maximum Gasteiger partial charge on any atom is 0.326 e. The number of anilines is 1. The maximum atomic E-state index is 12.7. The van der Waals surface area contributed by atoms with Gasteiger partial charge in [0.25, 0.3) is 0 Å². The van der Waals surface area contributed by atoms with Gasteiger partial charge in [0.15, 0.2) is 0 Å². The van der Waals surface area contributed by atoms with E-state index in [0.29, 0.717) is 5.69 Å². The van der Waals surface area contributed by atoms with Gasteiger partial charge in [0, 0.05) is 12.1 Å². The van der Waals surface area contributed by atoms with Crippen molar-refractivity contribution in [3.63, 3.8) is 0 Å². The van der Waals surface area contributed by atoms with Crippen LogP contribution in [0.3, 0.4) is 0 Å². The second-order valence-electron chi connectivity index (χ2n) is 4.00. The molecule has 1 atom stereocenters. The van der Waals surface area contributed by atoms with Crippen LogP contribution in [0.1, 0.15) is 12.8 Å². The molecule has 0 aromatic heterocycles. The SMILES string of the molecule is NC(=O)CC[C@H](NC(=O)Nc1ccc(F)cc1)C(=O)O. The fraction of sp³-hybridized carbons (Fsp3) is 0.250. The highest BCUT2D eigenvalue weighted by Crippen LogP contribution is 2.08. The van der Waals surface area contributed by atoms with E-state index < -0.39 is 29.8 Å². The molecule has 0 bridgehead atoms. The topological polar surface area (TPSA) is 122 Å². The number of aliphatic carboxylic acids is 1. The summed E-state index contributed by atoms with van der Waals surface area (Å²) < 4.78 is 12.7. The van der Waals surface area contributed by atoms with Gasteiger partial charge in [-0.1, -0.05) is 0 Å². The Morgan fingerprint density at radius 1 is 1.25 bits per heavy atom. The summed E-state index contributed by atoms with van der Waals surface area (Å²) in [5, 5.41) is 13.4. The number of carboxylic acid groups (broad SMARTS) is 1. The van der Waals surface area contributed by atoms with E-state index in [1.165, 1.54) is 12.1 Å². The molecule has 0 heterocycles. The quantitative estimate of drug-likeness (QED) is 0.612. The minimum Gasteiger partial charge on any atom is -0.480 e. The summed E-state index contributed by atoms with van der Waals surface area (Å²) in [6.45, 7) is 0. The Balaban J connectivity index is 2.55. The van der Waals surface area contributed by atoms with Crippen molar-refractivity contribution in [1.29, 1.82) is 0 Å². The van der Waals surface area contributed by atoms with Crippen molar-refractivity contribution >= 4 is 23.6 Å². The third-order valence-electron chi connectivity index (χ3n) is 2.38. The fourth-order valence-corrected chi connectivity index (χ4v) is 1.40. The average molecular weight is 283 g/mol. The molecule has 8 heteroatoms. The van der Waals surface area contributed by atoms with E-state index >= 15 is 0 Å². The van der Waals surface area contributed by atoms with E-state index in [1.807, 2.05) is 0 Å². The van der Waals surface area contributed by atoms with Crippen LogP contribution < -0.4 is 16.4 Å². The third-order valence-corrected chi connectivity index (χ3v) is 2.38. The number of rotatable bonds is 6. The van der Waals surface area contributed by atoms with Crippen LogP contribution in [0.25, 0.3) is 0 Å². The molecular weight excluding hydrogens is 269 g/mol. The molecule has 0 saturated heterocycles. The van der Waals surface area contributed by atoms with Crippen LogP contribution in [0.4, 0.5) is 14.9 Å². The van der Waals surface area contributed by atoms with E-state index in [1.54, 1.807) is 0 Å². The minimum atomic E-state index is -1.28. The highest BCUT2D eigenvalue weighted by molar-refractivity contribution is 5.92. The van der Waals surface area contributed by atoms with Crippen LogP contribution in [-0.2, 0) is 9.59 Å². The molecule has 0 aliphatic heterocycles. The van der Waals surface area contributed by atoms with Gasteiger partial charge in [0.1, 0.15) is 11.9 Å². The standard InChI is InChI=1S/C12H14FN3O4/c13-7-1-3-8(4-2-7)15-12(20)16-9(11(18)19)5-6-10(14)17/h1-4,9H,5-6H2,(H2,14,17)(H,18,19)(H2,15,16,20)/t9-/m0/s1. The zero-order chi connectivity index (χ0) is 15.1. The second-order valence-corrected chi connectivity index (χ2v) is 4.00. The van der Waals surface area contributed by atoms with Gasteiger partial charge in [-0.15, -0.1) is 0 Å². The summed E-state index contributed by atoms with van der Waals surface area (Å²) in [5.74, 6) is -2.39. The third kappa shape index (κ3) is 5.34. The molecule has 5 N–H and O–H groups in total. The van der Waals surface area contributed by atoms with Crippen molar-refractivity contribution in [3.8, 4) is 0 Å². The van der Waals surface area contributed by atoms with Gasteiger partial charge in [-0.2, -0.15) is 0 Å². The minimum absolute atomic E-state index is 0.110. The highest BCUT2D eigenvalue weighted by atomic mass is 19.1. The predicted octanol–water partition coefficient (Wildman–Crippen LogP) is 0.666. The predicted molar refractivity (Wildman–Crippen MR) is 68.4 cm³/mol. The molecule has 20 heavy (non-hydrogen) atoms. The smallest absolute Gasteiger partial charge is 0.326 e. The molecule has 0 unspecified atom stereocenters. The number of hydrogen-bond acceptors (Lipinski definition) is 3. The lowest BCUT2D eigenvalue weighted by molar-refractivity contribution is -0.139. The van der Waals surface area contributed by atoms with Crippen molar-refractivity contribution in [1.82, 2.24) is 5.32 Å². The summed E-state index contributed by atoms with van der Waals surface area (Å²) in [7, 11) is 0. The first kappa shape index (κ1) is 15.4. The van der Waals surface area contributed by atoms with Crippen LogP contribution >= 0.6 is 0 Å². The average Bonchev–Trinajstić information content (AvgIpc) is 2.36. The Morgan fingerprint density at radius 2 is 1.85 bits per heavy atom. The monoisotopic (exact) mass is 283 g/mol. The van der Waals surface area contributed by atoms with Gasteiger partial charge in [-0.05, 0) is 30.7 Å². The number of benzene rings is 1. The van der Waals surface area contributed by atoms with Gasteiger partial charge in [-0.3, -0.25) is 4.79 Å². The Morgan fingerprint density at radius 3 is 2.35 bits per heavy atom. The molecule has 1 rings (SSSR count). The fourth-order valence-electron chi connectivity index (χ4n) is 1.40. The van der Waals surface area contributed by atoms with Crippen LogP contribution in [0, 0.1) is 5.82 Å². The number of primary amides is 1. The molecule has 1 aromatic carbocycles. The summed E-state index contributed by atoms with van der Waals surface area (Å²) >= 11 is 0. The number of nitrogens with one attached hydrogen (secondary N) is 2. The Labute approximate surface area is 114 Å². The molecule has 3 amide bonds. The van der Waals surface area contributed by atoms with E-state index in [2.05, 4.69) is 10.6 Å². The van der Waals surface area contributed by atoms with Crippen LogP contribution in [-0.4, -0.2) is 29.1 Å². The second kappa shape index (κ2) is 7.07. The Bertz CT molecular complexity index is 504. The highest BCUT2D eigenvalue weighted by Gasteiger charge is 2.20. The number of nitrogens with two attached hydrogens (primary N) is 1. The summed E-state index contributed by atoms with van der Waals surface area (Å²) in [6.07, 6.45) is -0.269. The zero-order valence-electron chi connectivity index (χ0n) is 10.4. The van der Waals surface area contributed by atoms with E-state index in [0.717, 1.165) is 12.1 Å². The molecular formula is C12H14FN3O4. The van der Waals surface area contributed by atoms with Crippen LogP contribution in [0.5, 0.6) is 0 Å². The van der Waals surface area contributed by atoms with Crippen molar-refractivity contribution < 1.29 is 23.9 Å². The first-order chi connectivity index (χ1) is 9.38. The number of carboxylic acids is 1. The van der Waals surface area contributed by atoms with Gasteiger partial charge >= 0.3 is 12.0 Å². The molecule has 1 aromatic rings. The van der Waals surface area contributed by atoms with Crippen molar-refractivity contribution in [2.45, 2.75) is 18.9 Å². The number of halogens is 1. The molecule has 0 fully saturated rings. The zero-order valence-corrected chi connectivity index (χ0v) is 10.4. The molecule has 0 saturated carbocycles. The summed E-state index contributed by atoms with van der Waals surface area (Å²) in [6, 6.07) is 2.95. The number of carbonyl (C=O) groups is 3. The normalized spacial score (nSPS) is 11.4. The summed E-state index contributed by atoms with van der Waals surface area (Å²) in [4.78, 5) is 33.1. The number of hydrogen-bond donors (Lipinski definition) is 4. The molecule has 0 radical (unpaired) electrons. The molecule has 0 aliphatic rings.